The van der Waals surface area contributed by atoms with Gasteiger partial charge in [-0.3, -0.25) is 0 Å². The molecule has 0 radical (unpaired) electrons. The first-order valence-electron chi connectivity index (χ1n) is 8.51. The molecule has 0 N–H and O–H groups in total. The molecule has 1 aromatic carbocycles. The maximum atomic E-state index is 2.55. The number of allylic oxidation sites excluding steroid dienone is 1. The Hall–Kier alpha value is -1.04. The molecule has 20 heavy (non-hydrogen) atoms. The third kappa shape index (κ3) is 2.57. The first-order chi connectivity index (χ1) is 9.69. The van der Waals surface area contributed by atoms with Crippen LogP contribution < -0.4 is 0 Å². The zero-order valence-electron chi connectivity index (χ0n) is 13.3. The third-order valence-corrected chi connectivity index (χ3v) is 5.64. The summed E-state index contributed by atoms with van der Waals surface area (Å²) >= 11 is 0. The van der Waals surface area contributed by atoms with Crippen molar-refractivity contribution in [3.63, 3.8) is 0 Å². The zero-order chi connectivity index (χ0) is 14.1. The molecule has 0 aromatic heterocycles. The van der Waals surface area contributed by atoms with Gasteiger partial charge in [-0.25, -0.2) is 0 Å². The fraction of sp³-hybridized carbons (Fsp3) is 0.600. The molecule has 3 rings (SSSR count). The fourth-order valence-electron chi connectivity index (χ4n) is 3.96. The summed E-state index contributed by atoms with van der Waals surface area (Å²) in [6.07, 6.45) is 10.7. The summed E-state index contributed by atoms with van der Waals surface area (Å²) in [7, 11) is 0. The number of fused-ring (bicyclic) bond motifs is 1. The largest absolute Gasteiger partial charge is 0.0648 e. The highest BCUT2D eigenvalue weighted by molar-refractivity contribution is 5.67. The van der Waals surface area contributed by atoms with Crippen molar-refractivity contribution in [3.8, 4) is 0 Å². The summed E-state index contributed by atoms with van der Waals surface area (Å²) in [4.78, 5) is 0. The van der Waals surface area contributed by atoms with Crippen molar-refractivity contribution >= 4 is 6.08 Å². The van der Waals surface area contributed by atoms with Crippen LogP contribution >= 0.6 is 0 Å². The van der Waals surface area contributed by atoms with Gasteiger partial charge in [0.15, 0.2) is 0 Å². The highest BCUT2D eigenvalue weighted by Crippen LogP contribution is 2.40. The van der Waals surface area contributed by atoms with Crippen molar-refractivity contribution in [2.45, 2.75) is 65.2 Å². The summed E-state index contributed by atoms with van der Waals surface area (Å²) < 4.78 is 0. The second kappa shape index (κ2) is 5.76. The van der Waals surface area contributed by atoms with E-state index in [1.54, 1.807) is 22.3 Å². The first kappa shape index (κ1) is 13.9. The quantitative estimate of drug-likeness (QED) is 0.634. The Bertz CT molecular complexity index is 501. The van der Waals surface area contributed by atoms with E-state index >= 15 is 0 Å². The van der Waals surface area contributed by atoms with Crippen LogP contribution in [-0.4, -0.2) is 0 Å². The normalized spacial score (nSPS) is 27.1. The molecule has 0 nitrogen and oxygen atoms in total. The number of hydrogen-bond donors (Lipinski definition) is 0. The van der Waals surface area contributed by atoms with Crippen LogP contribution in [-0.2, 0) is 6.42 Å². The maximum Gasteiger partial charge on any atom is -0.00549 e. The molecule has 0 bridgehead atoms. The topological polar surface area (TPSA) is 0 Å². The van der Waals surface area contributed by atoms with Crippen molar-refractivity contribution in [1.29, 1.82) is 0 Å². The Kier molecular flexibility index (Phi) is 4.01. The summed E-state index contributed by atoms with van der Waals surface area (Å²) in [6, 6.07) is 6.95. The van der Waals surface area contributed by atoms with Gasteiger partial charge in [-0.15, -0.1) is 0 Å². The Morgan fingerprint density at radius 1 is 1.15 bits per heavy atom. The van der Waals surface area contributed by atoms with Crippen LogP contribution in [0, 0.1) is 11.8 Å². The fourth-order valence-corrected chi connectivity index (χ4v) is 3.96. The van der Waals surface area contributed by atoms with Crippen LogP contribution in [0.1, 0.15) is 75.5 Å². The van der Waals surface area contributed by atoms with Crippen molar-refractivity contribution in [1.82, 2.24) is 0 Å². The van der Waals surface area contributed by atoms with E-state index in [4.69, 9.17) is 0 Å². The predicted molar refractivity (Wildman–Crippen MR) is 88.0 cm³/mol. The first-order valence-corrected chi connectivity index (χ1v) is 8.51. The Morgan fingerprint density at radius 3 is 2.60 bits per heavy atom. The number of benzene rings is 1. The van der Waals surface area contributed by atoms with Crippen molar-refractivity contribution in [2.75, 3.05) is 0 Å². The molecular weight excluding hydrogens is 240 g/mol. The second-order valence-corrected chi connectivity index (χ2v) is 7.08. The molecule has 2 aliphatic carbocycles. The van der Waals surface area contributed by atoms with Gasteiger partial charge in [-0.05, 0) is 60.1 Å². The molecule has 1 atom stereocenters. The molecular formula is C20H28. The number of hydrogen-bond acceptors (Lipinski definition) is 0. The minimum atomic E-state index is 0.687. The minimum Gasteiger partial charge on any atom is -0.0648 e. The molecule has 1 unspecified atom stereocenters. The highest BCUT2D eigenvalue weighted by atomic mass is 14.3. The van der Waals surface area contributed by atoms with E-state index < -0.39 is 0 Å². The van der Waals surface area contributed by atoms with E-state index in [0.717, 1.165) is 11.8 Å². The summed E-state index contributed by atoms with van der Waals surface area (Å²) in [5.41, 5.74) is 6.44. The molecule has 1 fully saturated rings. The molecule has 0 heteroatoms. The van der Waals surface area contributed by atoms with Crippen LogP contribution in [0.2, 0.25) is 0 Å². The van der Waals surface area contributed by atoms with Crippen molar-refractivity contribution in [3.05, 3.63) is 40.5 Å². The maximum absolute atomic E-state index is 2.55. The van der Waals surface area contributed by atoms with Crippen LogP contribution in [0.5, 0.6) is 0 Å². The molecule has 0 spiro atoms. The lowest BCUT2D eigenvalue weighted by Gasteiger charge is -2.27. The summed E-state index contributed by atoms with van der Waals surface area (Å²) in [6.45, 7) is 7.07. The van der Waals surface area contributed by atoms with Gasteiger partial charge in [0.25, 0.3) is 0 Å². The summed E-state index contributed by atoms with van der Waals surface area (Å²) in [5.74, 6) is 2.50. The minimum absolute atomic E-state index is 0.687. The van der Waals surface area contributed by atoms with Gasteiger partial charge in [0, 0.05) is 0 Å². The smallest absolute Gasteiger partial charge is 0.00549 e. The molecule has 1 saturated carbocycles. The molecule has 0 amide bonds. The van der Waals surface area contributed by atoms with Crippen LogP contribution in [0.4, 0.5) is 0 Å². The molecule has 108 valence electrons. The monoisotopic (exact) mass is 268 g/mol. The van der Waals surface area contributed by atoms with E-state index in [-0.39, 0.29) is 0 Å². The van der Waals surface area contributed by atoms with E-state index in [9.17, 15) is 0 Å². The van der Waals surface area contributed by atoms with Crippen LogP contribution in [0.25, 0.3) is 6.08 Å². The Labute approximate surface area is 124 Å². The van der Waals surface area contributed by atoms with Crippen molar-refractivity contribution in [2.24, 2.45) is 11.8 Å². The van der Waals surface area contributed by atoms with Gasteiger partial charge in [0.05, 0.1) is 0 Å². The standard InChI is InChI=1S/C20H28/c1-4-15(3)19-7-5-6-17-12-18(13-20(17)19)16-10-8-14(2)9-11-16/h5-7,13-16H,4,8-12H2,1-3H3. The molecule has 2 aliphatic rings. The van der Waals surface area contributed by atoms with Gasteiger partial charge < -0.3 is 0 Å². The SMILES string of the molecule is CCC(C)c1cccc2c1C=C(C1CCC(C)CC1)C2. The zero-order valence-corrected chi connectivity index (χ0v) is 13.3. The van der Waals surface area contributed by atoms with Crippen molar-refractivity contribution < 1.29 is 0 Å². The van der Waals surface area contributed by atoms with E-state index in [1.165, 1.54) is 38.5 Å². The lowest BCUT2D eigenvalue weighted by molar-refractivity contribution is 0.319. The summed E-state index contributed by atoms with van der Waals surface area (Å²) in [5, 5.41) is 0. The lowest BCUT2D eigenvalue weighted by Crippen LogP contribution is -2.14. The van der Waals surface area contributed by atoms with Gasteiger partial charge in [0.2, 0.25) is 0 Å². The second-order valence-electron chi connectivity index (χ2n) is 7.08. The highest BCUT2D eigenvalue weighted by Gasteiger charge is 2.26. The predicted octanol–water partition coefficient (Wildman–Crippen LogP) is 5.97. The number of rotatable bonds is 3. The van der Waals surface area contributed by atoms with Gasteiger partial charge in [-0.1, -0.05) is 63.5 Å². The third-order valence-electron chi connectivity index (χ3n) is 5.64. The molecule has 0 aliphatic heterocycles. The average Bonchev–Trinajstić information content (AvgIpc) is 2.91. The van der Waals surface area contributed by atoms with Crippen LogP contribution in [0.15, 0.2) is 23.8 Å². The van der Waals surface area contributed by atoms with Gasteiger partial charge in [0.1, 0.15) is 0 Å². The Morgan fingerprint density at radius 2 is 1.90 bits per heavy atom. The molecule has 1 aromatic rings. The average molecular weight is 268 g/mol. The van der Waals surface area contributed by atoms with Crippen LogP contribution in [0.3, 0.4) is 0 Å². The van der Waals surface area contributed by atoms with E-state index in [2.05, 4.69) is 45.0 Å². The molecule has 0 heterocycles. The molecule has 0 saturated heterocycles. The van der Waals surface area contributed by atoms with Gasteiger partial charge in [-0.2, -0.15) is 0 Å². The van der Waals surface area contributed by atoms with E-state index in [0.29, 0.717) is 5.92 Å². The van der Waals surface area contributed by atoms with E-state index in [1.807, 2.05) is 0 Å². The van der Waals surface area contributed by atoms with Gasteiger partial charge >= 0.3 is 0 Å². The Balaban J connectivity index is 1.84. The lowest BCUT2D eigenvalue weighted by atomic mass is 9.79.